The molecule has 2 aromatic carbocycles. The van der Waals surface area contributed by atoms with E-state index in [0.29, 0.717) is 13.2 Å². The minimum Gasteiger partial charge on any atom is -0.496 e. The van der Waals surface area contributed by atoms with E-state index in [1.807, 2.05) is 24.3 Å². The number of methoxy groups -OCH3 is 1. The maximum Gasteiger partial charge on any atom is 0.342 e. The van der Waals surface area contributed by atoms with Crippen LogP contribution in [0.3, 0.4) is 0 Å². The average Bonchev–Trinajstić information content (AvgIpc) is 2.84. The van der Waals surface area contributed by atoms with Crippen LogP contribution >= 0.6 is 0 Å². The Bertz CT molecular complexity index is 1030. The fourth-order valence-electron chi connectivity index (χ4n) is 3.67. The van der Waals surface area contributed by atoms with E-state index in [1.165, 1.54) is 29.6 Å². The number of ether oxygens (including phenoxy) is 3. The number of benzene rings is 2. The molecule has 0 N–H and O–H groups in total. The van der Waals surface area contributed by atoms with Crippen molar-refractivity contribution >= 4 is 21.7 Å². The fraction of sp³-hybridized carbons (Fsp3) is 0.435. The van der Waals surface area contributed by atoms with Crippen LogP contribution in [0.5, 0.6) is 5.75 Å². The molecule has 1 heterocycles. The van der Waals surface area contributed by atoms with Gasteiger partial charge in [-0.3, -0.25) is 0 Å². The van der Waals surface area contributed by atoms with Gasteiger partial charge >= 0.3 is 5.97 Å². The first-order chi connectivity index (χ1) is 15.4. The summed E-state index contributed by atoms with van der Waals surface area (Å²) in [4.78, 5) is 15.1. The lowest BCUT2D eigenvalue weighted by Crippen LogP contribution is -2.40. The number of nitrogens with zero attached hydrogens (tertiary/aromatic N) is 2. The van der Waals surface area contributed by atoms with Crippen LogP contribution in [0.1, 0.15) is 29.8 Å². The zero-order valence-corrected chi connectivity index (χ0v) is 19.6. The number of para-hydroxylation sites is 1. The van der Waals surface area contributed by atoms with E-state index in [4.69, 9.17) is 14.2 Å². The number of rotatable bonds is 9. The Morgan fingerprint density at radius 1 is 1.09 bits per heavy atom. The summed E-state index contributed by atoms with van der Waals surface area (Å²) >= 11 is 0. The zero-order valence-electron chi connectivity index (χ0n) is 18.7. The second-order valence-corrected chi connectivity index (χ2v) is 9.19. The molecule has 1 saturated heterocycles. The minimum atomic E-state index is -3.75. The van der Waals surface area contributed by atoms with Crippen molar-refractivity contribution in [2.24, 2.45) is 0 Å². The quantitative estimate of drug-likeness (QED) is 0.530. The van der Waals surface area contributed by atoms with Gasteiger partial charge in [0.2, 0.25) is 10.0 Å². The van der Waals surface area contributed by atoms with Crippen LogP contribution in [0.4, 0.5) is 5.69 Å². The summed E-state index contributed by atoms with van der Waals surface area (Å²) in [5, 5.41) is 0. The van der Waals surface area contributed by atoms with Crippen LogP contribution in [-0.2, 0) is 26.1 Å². The number of sulfonamides is 1. The van der Waals surface area contributed by atoms with Crippen LogP contribution in [0.2, 0.25) is 0 Å². The maximum atomic E-state index is 13.0. The number of esters is 1. The van der Waals surface area contributed by atoms with Crippen molar-refractivity contribution in [3.8, 4) is 5.75 Å². The third-order valence-electron chi connectivity index (χ3n) is 5.45. The molecular formula is C23H30N2O6S. The highest BCUT2D eigenvalue weighted by molar-refractivity contribution is 7.89. The van der Waals surface area contributed by atoms with Gasteiger partial charge in [0.1, 0.15) is 17.9 Å². The molecule has 0 atom stereocenters. The highest BCUT2D eigenvalue weighted by Crippen LogP contribution is 2.27. The van der Waals surface area contributed by atoms with Crippen molar-refractivity contribution in [3.05, 3.63) is 53.6 Å². The first-order valence-corrected chi connectivity index (χ1v) is 12.1. The van der Waals surface area contributed by atoms with E-state index < -0.39 is 16.0 Å². The number of anilines is 1. The standard InChI is InChI=1S/C23H30N2O6S/c1-4-24(5-2)21-9-7-6-8-18(21)17-31-23(26)20-16-19(10-11-22(20)29-3)32(27,28)25-12-14-30-15-13-25/h6-11,16H,4-5,12-15,17H2,1-3H3. The van der Waals surface area contributed by atoms with Gasteiger partial charge in [-0.2, -0.15) is 4.31 Å². The van der Waals surface area contributed by atoms with E-state index in [2.05, 4.69) is 18.7 Å². The first-order valence-electron chi connectivity index (χ1n) is 10.7. The molecule has 1 fully saturated rings. The molecule has 2 aromatic rings. The third-order valence-corrected chi connectivity index (χ3v) is 7.35. The van der Waals surface area contributed by atoms with Gasteiger partial charge in [0.15, 0.2) is 0 Å². The summed E-state index contributed by atoms with van der Waals surface area (Å²) in [6.45, 7) is 7.09. The second kappa shape index (κ2) is 10.8. The fourth-order valence-corrected chi connectivity index (χ4v) is 5.10. The molecule has 0 amide bonds. The smallest absolute Gasteiger partial charge is 0.342 e. The van der Waals surface area contributed by atoms with Gasteiger partial charge in [0.05, 0.1) is 25.2 Å². The van der Waals surface area contributed by atoms with Gasteiger partial charge in [-0.05, 0) is 38.1 Å². The highest BCUT2D eigenvalue weighted by Gasteiger charge is 2.28. The van der Waals surface area contributed by atoms with Crippen LogP contribution in [0, 0.1) is 0 Å². The summed E-state index contributed by atoms with van der Waals surface area (Å²) in [6, 6.07) is 12.0. The van der Waals surface area contributed by atoms with E-state index in [1.54, 1.807) is 0 Å². The van der Waals surface area contributed by atoms with Crippen LogP contribution in [-0.4, -0.2) is 65.2 Å². The number of carbonyl (C=O) groups excluding carboxylic acids is 1. The topological polar surface area (TPSA) is 85.4 Å². The van der Waals surface area contributed by atoms with E-state index in [9.17, 15) is 13.2 Å². The Morgan fingerprint density at radius 3 is 2.44 bits per heavy atom. The molecule has 0 spiro atoms. The molecule has 3 rings (SSSR count). The summed E-state index contributed by atoms with van der Waals surface area (Å²) < 4.78 is 43.5. The summed E-state index contributed by atoms with van der Waals surface area (Å²) in [6.07, 6.45) is 0. The Balaban J connectivity index is 1.83. The van der Waals surface area contributed by atoms with Crippen molar-refractivity contribution in [3.63, 3.8) is 0 Å². The van der Waals surface area contributed by atoms with Crippen LogP contribution in [0.25, 0.3) is 0 Å². The Morgan fingerprint density at radius 2 is 1.78 bits per heavy atom. The van der Waals surface area contributed by atoms with Crippen molar-refractivity contribution in [1.82, 2.24) is 4.31 Å². The summed E-state index contributed by atoms with van der Waals surface area (Å²) in [5.41, 5.74) is 1.95. The van der Waals surface area contributed by atoms with Crippen molar-refractivity contribution in [2.45, 2.75) is 25.3 Å². The SMILES string of the molecule is CCN(CC)c1ccccc1COC(=O)c1cc(S(=O)(=O)N2CCOCC2)ccc1OC. The predicted molar refractivity (Wildman–Crippen MR) is 122 cm³/mol. The molecule has 8 nitrogen and oxygen atoms in total. The Kier molecular flexibility index (Phi) is 8.11. The van der Waals surface area contributed by atoms with Gasteiger partial charge in [0, 0.05) is 37.4 Å². The minimum absolute atomic E-state index is 0.0238. The van der Waals surface area contributed by atoms with E-state index >= 15 is 0 Å². The number of hydrogen-bond acceptors (Lipinski definition) is 7. The van der Waals surface area contributed by atoms with Gasteiger partial charge < -0.3 is 19.1 Å². The normalized spacial score (nSPS) is 14.7. The highest BCUT2D eigenvalue weighted by atomic mass is 32.2. The Hall–Kier alpha value is -2.62. The van der Waals surface area contributed by atoms with Crippen LogP contribution < -0.4 is 9.64 Å². The largest absolute Gasteiger partial charge is 0.496 e. The molecular weight excluding hydrogens is 432 g/mol. The molecule has 32 heavy (non-hydrogen) atoms. The van der Waals surface area contributed by atoms with Crippen molar-refractivity contribution in [2.75, 3.05) is 51.4 Å². The molecule has 0 aliphatic carbocycles. The molecule has 0 bridgehead atoms. The lowest BCUT2D eigenvalue weighted by Gasteiger charge is -2.26. The monoisotopic (exact) mass is 462 g/mol. The van der Waals surface area contributed by atoms with E-state index in [-0.39, 0.29) is 35.9 Å². The second-order valence-electron chi connectivity index (χ2n) is 7.26. The maximum absolute atomic E-state index is 13.0. The third kappa shape index (κ3) is 5.23. The predicted octanol–water partition coefficient (Wildman–Crippen LogP) is 2.92. The van der Waals surface area contributed by atoms with Gasteiger partial charge in [-0.25, -0.2) is 13.2 Å². The number of carbonyl (C=O) groups is 1. The van der Waals surface area contributed by atoms with Gasteiger partial charge in [-0.1, -0.05) is 18.2 Å². The van der Waals surface area contributed by atoms with Gasteiger partial charge in [-0.15, -0.1) is 0 Å². The molecule has 9 heteroatoms. The molecule has 0 saturated carbocycles. The first kappa shape index (κ1) is 24.0. The molecule has 1 aliphatic rings. The number of morpholine rings is 1. The lowest BCUT2D eigenvalue weighted by atomic mass is 10.1. The van der Waals surface area contributed by atoms with Crippen molar-refractivity contribution < 1.29 is 27.4 Å². The van der Waals surface area contributed by atoms with Gasteiger partial charge in [0.25, 0.3) is 0 Å². The van der Waals surface area contributed by atoms with E-state index in [0.717, 1.165) is 24.3 Å². The van der Waals surface area contributed by atoms with Crippen LogP contribution in [0.15, 0.2) is 47.4 Å². The van der Waals surface area contributed by atoms with Crippen molar-refractivity contribution in [1.29, 1.82) is 0 Å². The average molecular weight is 463 g/mol. The lowest BCUT2D eigenvalue weighted by molar-refractivity contribution is 0.0469. The summed E-state index contributed by atoms with van der Waals surface area (Å²) in [7, 11) is -2.32. The molecule has 1 aliphatic heterocycles. The number of hydrogen-bond donors (Lipinski definition) is 0. The molecule has 0 unspecified atom stereocenters. The Labute approximate surface area is 189 Å². The summed E-state index contributed by atoms with van der Waals surface area (Å²) in [5.74, 6) is -0.386. The molecule has 0 aromatic heterocycles. The molecule has 0 radical (unpaired) electrons. The zero-order chi connectivity index (χ0) is 23.1. The molecule has 174 valence electrons.